The molecule has 0 saturated heterocycles. The normalized spacial score (nSPS) is 25.1. The Labute approximate surface area is 117 Å². The van der Waals surface area contributed by atoms with Crippen LogP contribution in [0, 0.1) is 17.8 Å². The third kappa shape index (κ3) is 5.77. The second-order valence-electron chi connectivity index (χ2n) is 6.41. The highest BCUT2D eigenvalue weighted by Crippen LogP contribution is 2.27. The molecule has 0 bridgehead atoms. The summed E-state index contributed by atoms with van der Waals surface area (Å²) in [6.45, 7) is 9.64. The van der Waals surface area contributed by atoms with Crippen LogP contribution in [0.1, 0.15) is 47.0 Å². The summed E-state index contributed by atoms with van der Waals surface area (Å²) >= 11 is 0. The summed E-state index contributed by atoms with van der Waals surface area (Å²) < 4.78 is 4.88. The summed E-state index contributed by atoms with van der Waals surface area (Å²) in [6, 6.07) is -0.161. The average Bonchev–Trinajstić information content (AvgIpc) is 2.31. The first-order chi connectivity index (χ1) is 8.92. The first kappa shape index (κ1) is 16.2. The first-order valence-electron chi connectivity index (χ1n) is 7.40. The van der Waals surface area contributed by atoms with Gasteiger partial charge >= 0.3 is 5.97 Å². The van der Waals surface area contributed by atoms with Gasteiger partial charge in [-0.1, -0.05) is 32.4 Å². The predicted octanol–water partition coefficient (Wildman–Crippen LogP) is 3.16. The number of hydrogen-bond donors (Lipinski definition) is 1. The molecule has 1 aliphatic carbocycles. The van der Waals surface area contributed by atoms with Crippen molar-refractivity contribution in [1.29, 1.82) is 0 Å². The van der Waals surface area contributed by atoms with Crippen LogP contribution in [0.5, 0.6) is 0 Å². The van der Waals surface area contributed by atoms with Gasteiger partial charge in [-0.2, -0.15) is 0 Å². The van der Waals surface area contributed by atoms with Crippen LogP contribution < -0.4 is 5.32 Å². The molecule has 0 saturated carbocycles. The molecule has 0 aromatic rings. The van der Waals surface area contributed by atoms with Crippen molar-refractivity contribution in [2.45, 2.75) is 53.0 Å². The van der Waals surface area contributed by atoms with Crippen molar-refractivity contribution in [2.75, 3.05) is 13.7 Å². The molecular formula is C16H29NO2. The van der Waals surface area contributed by atoms with E-state index in [1.54, 1.807) is 0 Å². The van der Waals surface area contributed by atoms with E-state index in [4.69, 9.17) is 4.74 Å². The summed E-state index contributed by atoms with van der Waals surface area (Å²) in [7, 11) is 1.47. The third-order valence-corrected chi connectivity index (χ3v) is 3.73. The van der Waals surface area contributed by atoms with Gasteiger partial charge in [0.25, 0.3) is 0 Å². The van der Waals surface area contributed by atoms with Gasteiger partial charge in [-0.3, -0.25) is 4.79 Å². The molecule has 0 fully saturated rings. The van der Waals surface area contributed by atoms with E-state index in [-0.39, 0.29) is 12.0 Å². The molecule has 0 spiro atoms. The Balaban J connectivity index is 2.47. The van der Waals surface area contributed by atoms with Gasteiger partial charge in [0.2, 0.25) is 0 Å². The highest BCUT2D eigenvalue weighted by Gasteiger charge is 2.23. The number of allylic oxidation sites excluding steroid dienone is 2. The first-order valence-corrected chi connectivity index (χ1v) is 7.40. The second-order valence-corrected chi connectivity index (χ2v) is 6.41. The SMILES string of the molecule is COC(=O)C(CC(C)C)NCC1CC(C)=CC(C)C1. The molecule has 1 N–H and O–H groups in total. The number of esters is 1. The molecule has 3 atom stereocenters. The van der Waals surface area contributed by atoms with Crippen LogP contribution in [-0.4, -0.2) is 25.7 Å². The predicted molar refractivity (Wildman–Crippen MR) is 78.9 cm³/mol. The van der Waals surface area contributed by atoms with E-state index in [2.05, 4.69) is 39.1 Å². The van der Waals surface area contributed by atoms with Crippen LogP contribution >= 0.6 is 0 Å². The van der Waals surface area contributed by atoms with E-state index < -0.39 is 0 Å². The van der Waals surface area contributed by atoms with Crippen LogP contribution in [0.4, 0.5) is 0 Å². The Morgan fingerprint density at radius 1 is 1.53 bits per heavy atom. The van der Waals surface area contributed by atoms with Crippen LogP contribution in [-0.2, 0) is 9.53 Å². The lowest BCUT2D eigenvalue weighted by atomic mass is 9.83. The molecule has 0 aromatic heterocycles. The zero-order valence-corrected chi connectivity index (χ0v) is 13.0. The fraction of sp³-hybridized carbons (Fsp3) is 0.812. The second kappa shape index (κ2) is 7.68. The maximum atomic E-state index is 11.8. The lowest BCUT2D eigenvalue weighted by Gasteiger charge is -2.27. The van der Waals surface area contributed by atoms with Crippen LogP contribution in [0.2, 0.25) is 0 Å². The molecule has 3 unspecified atom stereocenters. The van der Waals surface area contributed by atoms with E-state index in [1.165, 1.54) is 19.1 Å². The van der Waals surface area contributed by atoms with Crippen molar-refractivity contribution in [3.05, 3.63) is 11.6 Å². The largest absolute Gasteiger partial charge is 0.468 e. The Morgan fingerprint density at radius 2 is 2.21 bits per heavy atom. The van der Waals surface area contributed by atoms with E-state index in [9.17, 15) is 4.79 Å². The lowest BCUT2D eigenvalue weighted by molar-refractivity contribution is -0.143. The van der Waals surface area contributed by atoms with Crippen molar-refractivity contribution < 1.29 is 9.53 Å². The number of carbonyl (C=O) groups is 1. The van der Waals surface area contributed by atoms with Crippen molar-refractivity contribution in [1.82, 2.24) is 5.32 Å². The fourth-order valence-electron chi connectivity index (χ4n) is 3.03. The molecule has 0 radical (unpaired) electrons. The quantitative estimate of drug-likeness (QED) is 0.593. The molecule has 19 heavy (non-hydrogen) atoms. The van der Waals surface area contributed by atoms with Crippen molar-refractivity contribution in [2.24, 2.45) is 17.8 Å². The summed E-state index contributed by atoms with van der Waals surface area (Å²) in [5.74, 6) is 1.65. The van der Waals surface area contributed by atoms with Crippen LogP contribution in [0.25, 0.3) is 0 Å². The average molecular weight is 267 g/mol. The molecule has 0 amide bonds. The Morgan fingerprint density at radius 3 is 2.74 bits per heavy atom. The van der Waals surface area contributed by atoms with Gasteiger partial charge in [0.05, 0.1) is 7.11 Å². The zero-order valence-electron chi connectivity index (χ0n) is 13.0. The lowest BCUT2D eigenvalue weighted by Crippen LogP contribution is -2.41. The molecule has 3 nitrogen and oxygen atoms in total. The van der Waals surface area contributed by atoms with Gasteiger partial charge in [-0.05, 0) is 50.5 Å². The highest BCUT2D eigenvalue weighted by atomic mass is 16.5. The van der Waals surface area contributed by atoms with Crippen molar-refractivity contribution >= 4 is 5.97 Å². The smallest absolute Gasteiger partial charge is 0.322 e. The van der Waals surface area contributed by atoms with Crippen LogP contribution in [0.3, 0.4) is 0 Å². The number of hydrogen-bond acceptors (Lipinski definition) is 3. The molecule has 110 valence electrons. The molecule has 0 aromatic carbocycles. The summed E-state index contributed by atoms with van der Waals surface area (Å²) in [5, 5.41) is 3.41. The molecule has 0 heterocycles. The Kier molecular flexibility index (Phi) is 6.56. The van der Waals surface area contributed by atoms with E-state index >= 15 is 0 Å². The van der Waals surface area contributed by atoms with E-state index in [1.807, 2.05) is 0 Å². The molecule has 3 heteroatoms. The number of methoxy groups -OCH3 is 1. The minimum Gasteiger partial charge on any atom is -0.468 e. The molecule has 0 aliphatic heterocycles. The zero-order chi connectivity index (χ0) is 14.4. The van der Waals surface area contributed by atoms with Gasteiger partial charge in [0.1, 0.15) is 6.04 Å². The number of nitrogens with one attached hydrogen (secondary N) is 1. The highest BCUT2D eigenvalue weighted by molar-refractivity contribution is 5.75. The van der Waals surface area contributed by atoms with Crippen molar-refractivity contribution in [3.63, 3.8) is 0 Å². The maximum Gasteiger partial charge on any atom is 0.322 e. The molecular weight excluding hydrogens is 238 g/mol. The Hall–Kier alpha value is -0.830. The van der Waals surface area contributed by atoms with Gasteiger partial charge in [0.15, 0.2) is 0 Å². The van der Waals surface area contributed by atoms with Gasteiger partial charge in [-0.15, -0.1) is 0 Å². The molecule has 1 aliphatic rings. The Bertz CT molecular complexity index is 323. The minimum absolute atomic E-state index is 0.134. The van der Waals surface area contributed by atoms with Gasteiger partial charge < -0.3 is 10.1 Å². The summed E-state index contributed by atoms with van der Waals surface area (Å²) in [6.07, 6.45) is 5.55. The topological polar surface area (TPSA) is 38.3 Å². The maximum absolute atomic E-state index is 11.8. The summed E-state index contributed by atoms with van der Waals surface area (Å²) in [5.41, 5.74) is 1.48. The van der Waals surface area contributed by atoms with E-state index in [0.29, 0.717) is 17.8 Å². The number of rotatable bonds is 6. The van der Waals surface area contributed by atoms with E-state index in [0.717, 1.165) is 19.4 Å². The monoisotopic (exact) mass is 267 g/mol. The minimum atomic E-state index is -0.161. The summed E-state index contributed by atoms with van der Waals surface area (Å²) in [4.78, 5) is 11.8. The molecule has 1 rings (SSSR count). The van der Waals surface area contributed by atoms with Crippen molar-refractivity contribution in [3.8, 4) is 0 Å². The number of ether oxygens (including phenoxy) is 1. The van der Waals surface area contributed by atoms with Crippen LogP contribution in [0.15, 0.2) is 11.6 Å². The fourth-order valence-corrected chi connectivity index (χ4v) is 3.03. The van der Waals surface area contributed by atoms with Gasteiger partial charge in [-0.25, -0.2) is 0 Å². The third-order valence-electron chi connectivity index (χ3n) is 3.73. The number of carbonyl (C=O) groups excluding carboxylic acids is 1. The van der Waals surface area contributed by atoms with Gasteiger partial charge in [0, 0.05) is 0 Å². The standard InChI is InChI=1S/C16H29NO2/c1-11(2)6-15(16(18)19-5)17-10-14-8-12(3)7-13(4)9-14/h7,11-12,14-15,17H,6,8-10H2,1-5H3.